The van der Waals surface area contributed by atoms with Crippen molar-refractivity contribution in [2.45, 2.75) is 57.5 Å². The molecule has 5 rings (SSSR count). The van der Waals surface area contributed by atoms with E-state index in [1.165, 1.54) is 17.5 Å². The van der Waals surface area contributed by atoms with Crippen LogP contribution in [0, 0.1) is 11.3 Å². The Kier molecular flexibility index (Phi) is 5.21. The monoisotopic (exact) mass is 415 g/mol. The van der Waals surface area contributed by atoms with E-state index in [1.54, 1.807) is 6.20 Å². The second kappa shape index (κ2) is 7.90. The molecule has 0 radical (unpaired) electrons. The van der Waals surface area contributed by atoms with E-state index in [0.29, 0.717) is 18.5 Å². The second-order valence-electron chi connectivity index (χ2n) is 10.1. The number of likely N-dealkylation sites (tertiary alicyclic amines) is 1. The van der Waals surface area contributed by atoms with Crippen molar-refractivity contribution in [3.63, 3.8) is 0 Å². The fourth-order valence-electron chi connectivity index (χ4n) is 6.18. The molecular weight excluding hydrogens is 382 g/mol. The van der Waals surface area contributed by atoms with Crippen LogP contribution in [0.25, 0.3) is 6.08 Å². The van der Waals surface area contributed by atoms with Gasteiger partial charge in [-0.2, -0.15) is 0 Å². The van der Waals surface area contributed by atoms with Crippen molar-refractivity contribution in [3.05, 3.63) is 71.6 Å². The molecule has 2 fully saturated rings. The summed E-state index contributed by atoms with van der Waals surface area (Å²) in [5, 5.41) is 3.16. The van der Waals surface area contributed by atoms with Gasteiger partial charge in [-0.25, -0.2) is 0 Å². The number of amides is 1. The molecule has 3 aliphatic rings. The van der Waals surface area contributed by atoms with Crippen LogP contribution in [0.15, 0.2) is 54.9 Å². The van der Waals surface area contributed by atoms with Crippen LogP contribution in [-0.2, 0) is 16.8 Å². The molecule has 1 amide bonds. The van der Waals surface area contributed by atoms with Crippen LogP contribution in [-0.4, -0.2) is 34.9 Å². The van der Waals surface area contributed by atoms with Crippen molar-refractivity contribution < 1.29 is 4.79 Å². The number of hydrogen-bond donors (Lipinski definition) is 1. The summed E-state index contributed by atoms with van der Waals surface area (Å²) in [4.78, 5) is 19.8. The van der Waals surface area contributed by atoms with E-state index in [9.17, 15) is 4.79 Å². The van der Waals surface area contributed by atoms with Crippen molar-refractivity contribution >= 4 is 12.0 Å². The van der Waals surface area contributed by atoms with E-state index in [1.807, 2.05) is 18.3 Å². The Hall–Kier alpha value is -2.46. The van der Waals surface area contributed by atoms with Gasteiger partial charge in [-0.3, -0.25) is 14.7 Å². The van der Waals surface area contributed by atoms with Gasteiger partial charge in [0.2, 0.25) is 5.91 Å². The van der Waals surface area contributed by atoms with Gasteiger partial charge in [0.15, 0.2) is 0 Å². The van der Waals surface area contributed by atoms with Gasteiger partial charge in [0.1, 0.15) is 0 Å². The molecule has 4 nitrogen and oxygen atoms in total. The van der Waals surface area contributed by atoms with Crippen molar-refractivity contribution in [2.75, 3.05) is 13.1 Å². The second-order valence-corrected chi connectivity index (χ2v) is 10.1. The van der Waals surface area contributed by atoms with Crippen LogP contribution in [0.1, 0.15) is 56.2 Å². The average molecular weight is 416 g/mol. The minimum absolute atomic E-state index is 0.188. The summed E-state index contributed by atoms with van der Waals surface area (Å²) < 4.78 is 0. The molecule has 4 heteroatoms. The minimum atomic E-state index is -0.273. The highest BCUT2D eigenvalue weighted by Crippen LogP contribution is 2.49. The molecule has 1 aromatic heterocycles. The zero-order valence-electron chi connectivity index (χ0n) is 18.7. The molecule has 1 saturated heterocycles. The molecule has 2 heterocycles. The average Bonchev–Trinajstić information content (AvgIpc) is 3.38. The van der Waals surface area contributed by atoms with E-state index >= 15 is 0 Å². The first-order chi connectivity index (χ1) is 15.0. The SMILES string of the molecule is CC1CN(C2CCC(C)(C(=O)NCc3cccnc3)C2)CC[C@@]12C=Cc1ccccc12. The Balaban J connectivity index is 1.21. The number of piperidine rings is 1. The molecule has 0 bridgehead atoms. The molecule has 1 saturated carbocycles. The lowest BCUT2D eigenvalue weighted by Crippen LogP contribution is -2.50. The Morgan fingerprint density at radius 2 is 2.10 bits per heavy atom. The van der Waals surface area contributed by atoms with Crippen molar-refractivity contribution in [1.29, 1.82) is 0 Å². The number of hydrogen-bond acceptors (Lipinski definition) is 3. The van der Waals surface area contributed by atoms with Crippen molar-refractivity contribution in [1.82, 2.24) is 15.2 Å². The summed E-state index contributed by atoms with van der Waals surface area (Å²) in [6.45, 7) is 7.34. The quantitative estimate of drug-likeness (QED) is 0.796. The van der Waals surface area contributed by atoms with Gasteiger partial charge in [0.25, 0.3) is 0 Å². The number of aromatic nitrogens is 1. The lowest BCUT2D eigenvalue weighted by Gasteiger charge is -2.46. The Labute approximate surface area is 185 Å². The standard InChI is InChI=1S/C27H33N3O/c1-20-19-30(15-13-27(20)12-9-22-7-3-4-8-24(22)27)23-10-11-26(2,16-23)25(31)29-18-21-6-5-14-28-17-21/h3-9,12,14,17,20,23H,10-11,13,15-16,18-19H2,1-2H3,(H,29,31)/t20?,23?,26?,27-/m0/s1. The number of rotatable bonds is 4. The number of carbonyl (C=O) groups is 1. The molecule has 1 aromatic carbocycles. The van der Waals surface area contributed by atoms with Crippen molar-refractivity contribution in [3.8, 4) is 0 Å². The first-order valence-corrected chi connectivity index (χ1v) is 11.7. The third-order valence-electron chi connectivity index (χ3n) is 8.18. The zero-order valence-corrected chi connectivity index (χ0v) is 18.7. The first kappa shape index (κ1) is 20.4. The lowest BCUT2D eigenvalue weighted by molar-refractivity contribution is -0.130. The van der Waals surface area contributed by atoms with Gasteiger partial charge < -0.3 is 5.32 Å². The molecule has 2 aliphatic carbocycles. The smallest absolute Gasteiger partial charge is 0.226 e. The van der Waals surface area contributed by atoms with Gasteiger partial charge in [0.05, 0.1) is 0 Å². The Morgan fingerprint density at radius 3 is 2.90 bits per heavy atom. The fraction of sp³-hybridized carbons (Fsp3) is 0.481. The molecule has 2 aromatic rings. The van der Waals surface area contributed by atoms with Crippen LogP contribution >= 0.6 is 0 Å². The predicted octanol–water partition coefficient (Wildman–Crippen LogP) is 4.56. The molecule has 1 N–H and O–H groups in total. The van der Waals surface area contributed by atoms with Crippen molar-refractivity contribution in [2.24, 2.45) is 11.3 Å². The summed E-state index contributed by atoms with van der Waals surface area (Å²) >= 11 is 0. The van der Waals surface area contributed by atoms with Gasteiger partial charge in [-0.15, -0.1) is 0 Å². The Bertz CT molecular complexity index is 987. The summed E-state index contributed by atoms with van der Waals surface area (Å²) in [5.74, 6) is 0.764. The third kappa shape index (κ3) is 3.61. The Morgan fingerprint density at radius 1 is 1.23 bits per heavy atom. The fourth-order valence-corrected chi connectivity index (χ4v) is 6.18. The molecular formula is C27H33N3O. The van der Waals surface area contributed by atoms with Gasteiger partial charge >= 0.3 is 0 Å². The van der Waals surface area contributed by atoms with E-state index < -0.39 is 0 Å². The predicted molar refractivity (Wildman–Crippen MR) is 124 cm³/mol. The van der Waals surface area contributed by atoms with Gasteiger partial charge in [0, 0.05) is 42.4 Å². The van der Waals surface area contributed by atoms with Crippen LogP contribution < -0.4 is 5.32 Å². The molecule has 31 heavy (non-hydrogen) atoms. The number of allylic oxidation sites excluding steroid dienone is 1. The molecule has 162 valence electrons. The third-order valence-corrected chi connectivity index (χ3v) is 8.18. The van der Waals surface area contributed by atoms with Gasteiger partial charge in [-0.05, 0) is 60.9 Å². The number of fused-ring (bicyclic) bond motifs is 2. The number of nitrogens with one attached hydrogen (secondary N) is 1. The minimum Gasteiger partial charge on any atom is -0.351 e. The van der Waals surface area contributed by atoms with Crippen LogP contribution in [0.3, 0.4) is 0 Å². The number of nitrogens with zero attached hydrogens (tertiary/aromatic N) is 2. The van der Waals surface area contributed by atoms with E-state index in [2.05, 4.69) is 65.5 Å². The largest absolute Gasteiger partial charge is 0.351 e. The molecule has 4 atom stereocenters. The van der Waals surface area contributed by atoms with Crippen LogP contribution in [0.2, 0.25) is 0 Å². The first-order valence-electron chi connectivity index (χ1n) is 11.7. The highest BCUT2D eigenvalue weighted by atomic mass is 16.2. The zero-order chi connectivity index (χ0) is 21.5. The highest BCUT2D eigenvalue weighted by Gasteiger charge is 2.48. The lowest BCUT2D eigenvalue weighted by atomic mass is 9.68. The molecule has 1 aliphatic heterocycles. The number of pyridine rings is 1. The van der Waals surface area contributed by atoms with Crippen LogP contribution in [0.5, 0.6) is 0 Å². The van der Waals surface area contributed by atoms with Gasteiger partial charge in [-0.1, -0.05) is 56.3 Å². The molecule has 1 spiro atoms. The van der Waals surface area contributed by atoms with E-state index in [0.717, 1.165) is 37.9 Å². The van der Waals surface area contributed by atoms with Crippen LogP contribution in [0.4, 0.5) is 0 Å². The summed E-state index contributed by atoms with van der Waals surface area (Å²) in [6.07, 6.45) is 12.6. The topological polar surface area (TPSA) is 45.2 Å². The number of carbonyl (C=O) groups excluding carboxylic acids is 1. The molecule has 3 unspecified atom stereocenters. The van der Waals surface area contributed by atoms with E-state index in [4.69, 9.17) is 0 Å². The normalized spacial score (nSPS) is 32.3. The summed E-state index contributed by atoms with van der Waals surface area (Å²) in [6, 6.07) is 13.3. The summed E-state index contributed by atoms with van der Waals surface area (Å²) in [5.41, 5.74) is 3.87. The summed E-state index contributed by atoms with van der Waals surface area (Å²) in [7, 11) is 0. The van der Waals surface area contributed by atoms with E-state index in [-0.39, 0.29) is 16.7 Å². The maximum atomic E-state index is 13.0. The maximum Gasteiger partial charge on any atom is 0.226 e. The number of benzene rings is 1. The maximum absolute atomic E-state index is 13.0. The highest BCUT2D eigenvalue weighted by molar-refractivity contribution is 5.82.